The van der Waals surface area contributed by atoms with E-state index in [0.717, 1.165) is 24.8 Å². The second-order valence-electron chi connectivity index (χ2n) is 4.94. The lowest BCUT2D eigenvalue weighted by Gasteiger charge is -2.13. The number of benzene rings is 1. The van der Waals surface area contributed by atoms with Crippen LogP contribution in [0.3, 0.4) is 0 Å². The molecule has 0 saturated heterocycles. The van der Waals surface area contributed by atoms with Crippen LogP contribution in [0, 0.1) is 6.92 Å². The van der Waals surface area contributed by atoms with Gasteiger partial charge in [0, 0.05) is 6.61 Å². The first kappa shape index (κ1) is 17.1. The van der Waals surface area contributed by atoms with Crippen LogP contribution in [0.25, 0.3) is 0 Å². The van der Waals surface area contributed by atoms with E-state index in [-0.39, 0.29) is 17.6 Å². The minimum absolute atomic E-state index is 0.0440. The molecule has 4 nitrogen and oxygen atoms in total. The van der Waals surface area contributed by atoms with Crippen molar-refractivity contribution in [3.8, 4) is 0 Å². The van der Waals surface area contributed by atoms with Crippen LogP contribution in [0.15, 0.2) is 29.2 Å². The highest BCUT2D eigenvalue weighted by Gasteiger charge is 2.16. The molecule has 0 bridgehead atoms. The molecule has 114 valence electrons. The van der Waals surface area contributed by atoms with Gasteiger partial charge in [-0.25, -0.2) is 0 Å². The Morgan fingerprint density at radius 2 is 1.80 bits per heavy atom. The first-order valence-corrected chi connectivity index (χ1v) is 8.44. The molecule has 20 heavy (non-hydrogen) atoms. The summed E-state index contributed by atoms with van der Waals surface area (Å²) in [4.78, 5) is 0.182. The number of hydrogen-bond acceptors (Lipinski definition) is 4. The Balaban J connectivity index is 2.41. The van der Waals surface area contributed by atoms with E-state index in [1.165, 1.54) is 0 Å². The quantitative estimate of drug-likeness (QED) is 0.518. The molecule has 0 fully saturated rings. The molecule has 1 aromatic carbocycles. The fourth-order valence-corrected chi connectivity index (χ4v) is 2.62. The molecule has 1 rings (SSSR count). The summed E-state index contributed by atoms with van der Waals surface area (Å²) < 4.78 is 34.4. The van der Waals surface area contributed by atoms with Gasteiger partial charge in [-0.1, -0.05) is 37.5 Å². The van der Waals surface area contributed by atoms with Gasteiger partial charge in [0.1, 0.15) is 0 Å². The Kier molecular flexibility index (Phi) is 7.19. The number of hydrogen-bond donors (Lipinski definition) is 0. The average molecular weight is 300 g/mol. The molecular weight excluding hydrogens is 276 g/mol. The first-order valence-electron chi connectivity index (χ1n) is 7.03. The van der Waals surface area contributed by atoms with E-state index in [2.05, 4.69) is 6.92 Å². The fourth-order valence-electron chi connectivity index (χ4n) is 1.64. The summed E-state index contributed by atoms with van der Waals surface area (Å²) in [5.41, 5.74) is 1.01. The number of unbranched alkanes of at least 4 members (excludes halogenated alkanes) is 2. The monoisotopic (exact) mass is 300 g/mol. The molecule has 0 radical (unpaired) electrons. The van der Waals surface area contributed by atoms with E-state index >= 15 is 0 Å². The van der Waals surface area contributed by atoms with Crippen LogP contribution in [0.4, 0.5) is 0 Å². The maximum absolute atomic E-state index is 11.9. The van der Waals surface area contributed by atoms with Crippen LogP contribution in [-0.2, 0) is 19.0 Å². The van der Waals surface area contributed by atoms with E-state index in [0.29, 0.717) is 6.61 Å². The maximum atomic E-state index is 11.9. The summed E-state index contributed by atoms with van der Waals surface area (Å²) in [6.07, 6.45) is 3.02. The first-order chi connectivity index (χ1) is 9.45. The summed E-state index contributed by atoms with van der Waals surface area (Å²) >= 11 is 0. The van der Waals surface area contributed by atoms with Crippen molar-refractivity contribution in [1.82, 2.24) is 0 Å². The summed E-state index contributed by atoms with van der Waals surface area (Å²) in [6.45, 7) is 6.53. The van der Waals surface area contributed by atoms with Crippen LogP contribution in [0.2, 0.25) is 0 Å². The van der Waals surface area contributed by atoms with E-state index < -0.39 is 10.1 Å². The smallest absolute Gasteiger partial charge is 0.297 e. The predicted octanol–water partition coefficient (Wildman–Crippen LogP) is 3.30. The third-order valence-electron chi connectivity index (χ3n) is 2.92. The van der Waals surface area contributed by atoms with Crippen molar-refractivity contribution >= 4 is 10.1 Å². The van der Waals surface area contributed by atoms with Gasteiger partial charge in [-0.05, 0) is 32.4 Å². The predicted molar refractivity (Wildman–Crippen MR) is 79.3 cm³/mol. The standard InChI is InChI=1S/C15H24O4S/c1-4-5-6-11-18-14(3)12-19-20(16,17)15-9-7-13(2)8-10-15/h7-10,14H,4-6,11-12H2,1-3H3. The third kappa shape index (κ3) is 6.03. The molecule has 0 aliphatic heterocycles. The fraction of sp³-hybridized carbons (Fsp3) is 0.600. The van der Waals surface area contributed by atoms with Gasteiger partial charge >= 0.3 is 0 Å². The molecule has 1 aromatic rings. The molecule has 0 spiro atoms. The lowest BCUT2D eigenvalue weighted by molar-refractivity contribution is 0.0320. The zero-order chi connectivity index (χ0) is 15.0. The molecule has 1 unspecified atom stereocenters. The highest BCUT2D eigenvalue weighted by molar-refractivity contribution is 7.86. The zero-order valence-electron chi connectivity index (χ0n) is 12.5. The number of ether oxygens (including phenoxy) is 1. The van der Waals surface area contributed by atoms with Crippen molar-refractivity contribution in [3.63, 3.8) is 0 Å². The van der Waals surface area contributed by atoms with Crippen molar-refractivity contribution in [1.29, 1.82) is 0 Å². The Labute approximate surface area is 122 Å². The second-order valence-corrected chi connectivity index (χ2v) is 6.56. The topological polar surface area (TPSA) is 52.6 Å². The van der Waals surface area contributed by atoms with E-state index in [9.17, 15) is 8.42 Å². The molecule has 0 saturated carbocycles. The highest BCUT2D eigenvalue weighted by atomic mass is 32.2. The molecule has 0 amide bonds. The Hall–Kier alpha value is -0.910. The third-order valence-corrected chi connectivity index (χ3v) is 4.21. The Bertz CT molecular complexity index is 479. The van der Waals surface area contributed by atoms with Crippen LogP contribution in [-0.4, -0.2) is 27.7 Å². The summed E-state index contributed by atoms with van der Waals surface area (Å²) in [5.74, 6) is 0. The highest BCUT2D eigenvalue weighted by Crippen LogP contribution is 2.13. The van der Waals surface area contributed by atoms with Gasteiger partial charge in [-0.2, -0.15) is 8.42 Å². The van der Waals surface area contributed by atoms with Gasteiger partial charge in [0.05, 0.1) is 17.6 Å². The molecule has 0 aliphatic rings. The lowest BCUT2D eigenvalue weighted by atomic mass is 10.2. The van der Waals surface area contributed by atoms with Gasteiger partial charge in [0.15, 0.2) is 0 Å². The van der Waals surface area contributed by atoms with Crippen molar-refractivity contribution < 1.29 is 17.3 Å². The van der Waals surface area contributed by atoms with Crippen LogP contribution in [0.5, 0.6) is 0 Å². The molecule has 5 heteroatoms. The minimum atomic E-state index is -3.69. The molecular formula is C15H24O4S. The van der Waals surface area contributed by atoms with Crippen molar-refractivity contribution in [2.45, 2.75) is 51.0 Å². The average Bonchev–Trinajstić information content (AvgIpc) is 2.42. The normalized spacial score (nSPS) is 13.3. The maximum Gasteiger partial charge on any atom is 0.297 e. The molecule has 0 N–H and O–H groups in total. The Morgan fingerprint density at radius 3 is 2.40 bits per heavy atom. The summed E-state index contributed by atoms with van der Waals surface area (Å²) in [5, 5.41) is 0. The Morgan fingerprint density at radius 1 is 1.15 bits per heavy atom. The van der Waals surface area contributed by atoms with Gasteiger partial charge < -0.3 is 4.74 Å². The lowest BCUT2D eigenvalue weighted by Crippen LogP contribution is -2.20. The van der Waals surface area contributed by atoms with Crippen LogP contribution < -0.4 is 0 Å². The second kappa shape index (κ2) is 8.39. The van der Waals surface area contributed by atoms with E-state index in [4.69, 9.17) is 8.92 Å². The SMILES string of the molecule is CCCCCOC(C)COS(=O)(=O)c1ccc(C)cc1. The van der Waals surface area contributed by atoms with Gasteiger partial charge in [0.25, 0.3) is 10.1 Å². The van der Waals surface area contributed by atoms with Gasteiger partial charge in [0.2, 0.25) is 0 Å². The van der Waals surface area contributed by atoms with Crippen LogP contribution in [0.1, 0.15) is 38.7 Å². The number of rotatable bonds is 9. The summed E-state index contributed by atoms with van der Waals surface area (Å²) in [6, 6.07) is 6.61. The van der Waals surface area contributed by atoms with E-state index in [1.807, 2.05) is 13.8 Å². The molecule has 0 aliphatic carbocycles. The molecule has 1 atom stereocenters. The van der Waals surface area contributed by atoms with Crippen molar-refractivity contribution in [2.24, 2.45) is 0 Å². The largest absolute Gasteiger partial charge is 0.376 e. The van der Waals surface area contributed by atoms with Crippen molar-refractivity contribution in [3.05, 3.63) is 29.8 Å². The van der Waals surface area contributed by atoms with Gasteiger partial charge in [-0.15, -0.1) is 0 Å². The molecule has 0 heterocycles. The summed E-state index contributed by atoms with van der Waals surface area (Å²) in [7, 11) is -3.69. The van der Waals surface area contributed by atoms with Gasteiger partial charge in [-0.3, -0.25) is 4.18 Å². The van der Waals surface area contributed by atoms with Crippen molar-refractivity contribution in [2.75, 3.05) is 13.2 Å². The van der Waals surface area contributed by atoms with E-state index in [1.54, 1.807) is 24.3 Å². The number of aryl methyl sites for hydroxylation is 1. The zero-order valence-corrected chi connectivity index (χ0v) is 13.3. The molecule has 0 aromatic heterocycles. The van der Waals surface area contributed by atoms with Crippen LogP contribution >= 0.6 is 0 Å². The minimum Gasteiger partial charge on any atom is -0.376 e.